The number of aliphatic imine (C=N–C) groups is 1. The zero-order valence-corrected chi connectivity index (χ0v) is 24.0. The number of aliphatic hydroxyl groups is 1. The number of hydrogen-bond donors (Lipinski definition) is 2. The van der Waals surface area contributed by atoms with Crippen LogP contribution in [0.1, 0.15) is 49.5 Å². The highest BCUT2D eigenvalue weighted by atomic mass is 16.5. The number of methoxy groups -OCH3 is 1. The molecule has 0 fully saturated rings. The molecule has 0 aliphatic carbocycles. The van der Waals surface area contributed by atoms with E-state index in [9.17, 15) is 4.79 Å². The molecule has 3 aromatic rings. The van der Waals surface area contributed by atoms with Crippen LogP contribution in [0.4, 0.5) is 0 Å². The fourth-order valence-electron chi connectivity index (χ4n) is 4.74. The van der Waals surface area contributed by atoms with Crippen molar-refractivity contribution in [1.29, 1.82) is 0 Å². The van der Waals surface area contributed by atoms with Crippen molar-refractivity contribution in [3.8, 4) is 11.5 Å². The van der Waals surface area contributed by atoms with E-state index in [2.05, 4.69) is 5.32 Å². The monoisotopic (exact) mass is 560 g/mol. The number of amides is 1. The smallest absolute Gasteiger partial charge is 0.252 e. The lowest BCUT2D eigenvalue weighted by Crippen LogP contribution is -2.50. The first-order valence-corrected chi connectivity index (χ1v) is 14.1. The number of nitrogens with zero attached hydrogens (tertiary/aromatic N) is 1. The maximum atomic E-state index is 14.2. The van der Waals surface area contributed by atoms with Crippen molar-refractivity contribution >= 4 is 11.8 Å². The fraction of sp³-hybridized carbons (Fsp3) is 0.394. The zero-order valence-electron chi connectivity index (χ0n) is 24.0. The average molecular weight is 561 g/mol. The molecule has 0 radical (unpaired) electrons. The topological polar surface area (TPSA) is 98.6 Å². The molecule has 0 aromatic heterocycles. The van der Waals surface area contributed by atoms with Crippen molar-refractivity contribution in [2.24, 2.45) is 4.99 Å². The number of hydrogen-bond acceptors (Lipinski definition) is 7. The fourth-order valence-corrected chi connectivity index (χ4v) is 4.74. The van der Waals surface area contributed by atoms with Crippen LogP contribution in [-0.2, 0) is 20.7 Å². The summed E-state index contributed by atoms with van der Waals surface area (Å²) in [4.78, 5) is 19.2. The first kappa shape index (κ1) is 30.1. The second kappa shape index (κ2) is 14.7. The van der Waals surface area contributed by atoms with E-state index in [0.717, 1.165) is 16.7 Å². The zero-order chi connectivity index (χ0) is 29.1. The predicted octanol–water partition coefficient (Wildman–Crippen LogP) is 4.89. The molecule has 4 rings (SSSR count). The minimum absolute atomic E-state index is 0.0741. The van der Waals surface area contributed by atoms with Crippen molar-refractivity contribution < 1.29 is 28.8 Å². The van der Waals surface area contributed by atoms with Gasteiger partial charge in [-0.15, -0.1) is 0 Å². The number of nitrogens with one attached hydrogen (secondary N) is 1. The summed E-state index contributed by atoms with van der Waals surface area (Å²) < 4.78 is 23.4. The highest BCUT2D eigenvalue weighted by Gasteiger charge is 2.53. The summed E-state index contributed by atoms with van der Waals surface area (Å²) in [6, 6.07) is 24.9. The molecule has 0 bridgehead atoms. The first-order chi connectivity index (χ1) is 19.9. The van der Waals surface area contributed by atoms with Crippen LogP contribution < -0.4 is 14.8 Å². The van der Waals surface area contributed by atoms with E-state index in [4.69, 9.17) is 29.0 Å². The Morgan fingerprint density at radius 1 is 1.00 bits per heavy atom. The molecule has 0 saturated carbocycles. The van der Waals surface area contributed by atoms with Crippen LogP contribution in [0.2, 0.25) is 0 Å². The van der Waals surface area contributed by atoms with E-state index in [-0.39, 0.29) is 18.6 Å². The number of aliphatic hydroxyl groups excluding tert-OH is 1. The lowest BCUT2D eigenvalue weighted by atomic mass is 9.82. The Hall–Kier alpha value is -3.88. The van der Waals surface area contributed by atoms with Gasteiger partial charge in [0.15, 0.2) is 11.6 Å². The van der Waals surface area contributed by atoms with Gasteiger partial charge in [0.05, 0.1) is 19.8 Å². The number of rotatable bonds is 15. The van der Waals surface area contributed by atoms with E-state index < -0.39 is 11.6 Å². The van der Waals surface area contributed by atoms with Gasteiger partial charge in [-0.1, -0.05) is 42.5 Å². The number of carbonyl (C=O) groups excluding carboxylic acids is 1. The maximum absolute atomic E-state index is 14.2. The third kappa shape index (κ3) is 7.86. The van der Waals surface area contributed by atoms with E-state index in [0.29, 0.717) is 56.4 Å². The molecular formula is C33H40N2O6. The van der Waals surface area contributed by atoms with Gasteiger partial charge in [0, 0.05) is 38.2 Å². The Morgan fingerprint density at radius 3 is 2.49 bits per heavy atom. The lowest BCUT2D eigenvalue weighted by molar-refractivity contribution is -0.129. The van der Waals surface area contributed by atoms with Crippen LogP contribution >= 0.6 is 0 Å². The molecule has 41 heavy (non-hydrogen) atoms. The van der Waals surface area contributed by atoms with Crippen molar-refractivity contribution in [1.82, 2.24) is 5.32 Å². The summed E-state index contributed by atoms with van der Waals surface area (Å²) in [5, 5.41) is 12.1. The van der Waals surface area contributed by atoms with E-state index >= 15 is 0 Å². The van der Waals surface area contributed by atoms with E-state index in [1.54, 1.807) is 7.11 Å². The van der Waals surface area contributed by atoms with Crippen LogP contribution in [0.3, 0.4) is 0 Å². The average Bonchev–Trinajstić information content (AvgIpc) is 3.38. The molecule has 1 amide bonds. The van der Waals surface area contributed by atoms with Crippen LogP contribution in [0.25, 0.3) is 0 Å². The van der Waals surface area contributed by atoms with Gasteiger partial charge in [-0.2, -0.15) is 0 Å². The molecule has 0 spiro atoms. The van der Waals surface area contributed by atoms with Crippen molar-refractivity contribution in [2.75, 3.05) is 33.5 Å². The Kier molecular flexibility index (Phi) is 10.8. The maximum Gasteiger partial charge on any atom is 0.252 e. The van der Waals surface area contributed by atoms with E-state index in [1.807, 2.05) is 92.7 Å². The molecule has 8 heteroatoms. The predicted molar refractivity (Wildman–Crippen MR) is 159 cm³/mol. The molecule has 3 aromatic carbocycles. The summed E-state index contributed by atoms with van der Waals surface area (Å²) in [6.07, 6.45) is 1.02. The Balaban J connectivity index is 1.70. The van der Waals surface area contributed by atoms with Crippen LogP contribution in [0.15, 0.2) is 83.9 Å². The highest BCUT2D eigenvalue weighted by Crippen LogP contribution is 2.43. The molecule has 0 saturated heterocycles. The largest absolute Gasteiger partial charge is 0.497 e. The first-order valence-electron chi connectivity index (χ1n) is 14.1. The molecule has 2 atom stereocenters. The lowest BCUT2D eigenvalue weighted by Gasteiger charge is -2.31. The van der Waals surface area contributed by atoms with Crippen LogP contribution in [0, 0.1) is 0 Å². The third-order valence-electron chi connectivity index (χ3n) is 6.80. The Labute approximate surface area is 242 Å². The molecular weight excluding hydrogens is 520 g/mol. The van der Waals surface area contributed by atoms with Gasteiger partial charge < -0.3 is 29.4 Å². The molecule has 8 nitrogen and oxygen atoms in total. The minimum atomic E-state index is -1.27. The number of ether oxygens (including phenoxy) is 4. The van der Waals surface area contributed by atoms with Crippen molar-refractivity contribution in [2.45, 2.75) is 50.9 Å². The number of benzene rings is 3. The van der Waals surface area contributed by atoms with E-state index in [1.165, 1.54) is 0 Å². The normalized spacial score (nSPS) is 18.1. The standard InChI is InChI=1S/C33H40N2O6/c1-24(2)39-20-8-18-34-32(37)33(23-25-10-5-4-6-11-25)30(27-12-7-13-29(22-27)38-3)41-31(35-33)26-14-16-28(17-15-26)40-21-9-19-36/h4-7,10-17,22,24,30,36H,8-9,18-21,23H2,1-3H3,(H,34,37)/t30-,33-/m1/s1. The van der Waals surface area contributed by atoms with Crippen LogP contribution in [0.5, 0.6) is 11.5 Å². The van der Waals surface area contributed by atoms with Crippen molar-refractivity contribution in [3.05, 3.63) is 95.6 Å². The summed E-state index contributed by atoms with van der Waals surface area (Å²) in [5.41, 5.74) is 1.24. The molecule has 1 heterocycles. The van der Waals surface area contributed by atoms with Gasteiger partial charge in [-0.25, -0.2) is 4.99 Å². The van der Waals surface area contributed by atoms with Gasteiger partial charge in [0.2, 0.25) is 5.90 Å². The molecule has 1 aliphatic rings. The second-order valence-corrected chi connectivity index (χ2v) is 10.3. The van der Waals surface area contributed by atoms with Gasteiger partial charge in [0.1, 0.15) is 11.5 Å². The Bertz CT molecular complexity index is 1280. The molecule has 0 unspecified atom stereocenters. The third-order valence-corrected chi connectivity index (χ3v) is 6.80. The SMILES string of the molecule is COc1cccc([C@H]2OC(c3ccc(OCCCO)cc3)=N[C@@]2(Cc2ccccc2)C(=O)NCCCOC(C)C)c1. The van der Waals surface area contributed by atoms with Crippen LogP contribution in [-0.4, -0.2) is 62.0 Å². The summed E-state index contributed by atoms with van der Waals surface area (Å²) in [5.74, 6) is 1.53. The van der Waals surface area contributed by atoms with Gasteiger partial charge in [-0.3, -0.25) is 4.79 Å². The van der Waals surface area contributed by atoms with Gasteiger partial charge in [-0.05, 0) is 67.8 Å². The van der Waals surface area contributed by atoms with Gasteiger partial charge >= 0.3 is 0 Å². The highest BCUT2D eigenvalue weighted by molar-refractivity contribution is 6.01. The Morgan fingerprint density at radius 2 is 1.78 bits per heavy atom. The molecule has 2 N–H and O–H groups in total. The molecule has 1 aliphatic heterocycles. The quantitative estimate of drug-likeness (QED) is 0.257. The minimum Gasteiger partial charge on any atom is -0.497 e. The summed E-state index contributed by atoms with van der Waals surface area (Å²) in [6.45, 7) is 5.49. The summed E-state index contributed by atoms with van der Waals surface area (Å²) >= 11 is 0. The molecule has 218 valence electrons. The van der Waals surface area contributed by atoms with Crippen molar-refractivity contribution in [3.63, 3.8) is 0 Å². The number of carbonyl (C=O) groups is 1. The van der Waals surface area contributed by atoms with Gasteiger partial charge in [0.25, 0.3) is 5.91 Å². The second-order valence-electron chi connectivity index (χ2n) is 10.3. The summed E-state index contributed by atoms with van der Waals surface area (Å²) in [7, 11) is 1.61.